The van der Waals surface area contributed by atoms with Gasteiger partial charge in [0, 0.05) is 11.1 Å². The summed E-state index contributed by atoms with van der Waals surface area (Å²) >= 11 is 0. The van der Waals surface area contributed by atoms with E-state index in [9.17, 15) is 19.2 Å². The lowest BCUT2D eigenvalue weighted by Gasteiger charge is -2.09. The van der Waals surface area contributed by atoms with Crippen molar-refractivity contribution < 1.29 is 28.7 Å². The first-order valence-electron chi connectivity index (χ1n) is 7.99. The summed E-state index contributed by atoms with van der Waals surface area (Å²) in [6.07, 6.45) is 0. The van der Waals surface area contributed by atoms with Crippen LogP contribution in [-0.2, 0) is 14.3 Å². The van der Waals surface area contributed by atoms with Crippen LogP contribution in [0.4, 0.5) is 0 Å². The highest BCUT2D eigenvalue weighted by Gasteiger charge is 2.11. The van der Waals surface area contributed by atoms with E-state index in [1.807, 2.05) is 0 Å². The number of ether oxygens (including phenoxy) is 2. The van der Waals surface area contributed by atoms with E-state index >= 15 is 0 Å². The Morgan fingerprint density at radius 3 is 2.26 bits per heavy atom. The number of hydrogen-bond donors (Lipinski definition) is 2. The van der Waals surface area contributed by atoms with Gasteiger partial charge in [-0.15, -0.1) is 0 Å². The maximum absolute atomic E-state index is 11.7. The van der Waals surface area contributed by atoms with Gasteiger partial charge in [0.25, 0.3) is 11.8 Å². The molecular weight excluding hydrogens is 352 g/mol. The molecular formula is C19H18N2O6. The topological polar surface area (TPSA) is 111 Å². The van der Waals surface area contributed by atoms with Crippen molar-refractivity contribution in [1.29, 1.82) is 0 Å². The van der Waals surface area contributed by atoms with E-state index in [1.54, 1.807) is 48.5 Å². The first kappa shape index (κ1) is 19.6. The molecule has 0 spiro atoms. The molecule has 0 heterocycles. The van der Waals surface area contributed by atoms with Gasteiger partial charge in [0.2, 0.25) is 0 Å². The largest absolute Gasteiger partial charge is 0.482 e. The molecule has 8 nitrogen and oxygen atoms in total. The zero-order chi connectivity index (χ0) is 19.6. The molecule has 2 N–H and O–H groups in total. The van der Waals surface area contributed by atoms with Crippen LogP contribution in [0.15, 0.2) is 54.6 Å². The van der Waals surface area contributed by atoms with E-state index in [1.165, 1.54) is 13.0 Å². The molecule has 27 heavy (non-hydrogen) atoms. The SMILES string of the molecule is CC(=O)c1cccc(OCC(=O)OCC(=O)NNC(=O)c2ccccc2)c1. The normalized spacial score (nSPS) is 9.81. The molecule has 0 fully saturated rings. The minimum Gasteiger partial charge on any atom is -0.482 e. The summed E-state index contributed by atoms with van der Waals surface area (Å²) in [5.74, 6) is -1.76. The number of ketones is 1. The minimum absolute atomic E-state index is 0.128. The number of esters is 1. The average molecular weight is 370 g/mol. The molecule has 8 heteroatoms. The molecule has 0 saturated heterocycles. The van der Waals surface area contributed by atoms with Gasteiger partial charge in [-0.2, -0.15) is 0 Å². The van der Waals surface area contributed by atoms with Crippen LogP contribution in [0.5, 0.6) is 5.75 Å². The van der Waals surface area contributed by atoms with Gasteiger partial charge < -0.3 is 9.47 Å². The maximum Gasteiger partial charge on any atom is 0.344 e. The highest BCUT2D eigenvalue weighted by atomic mass is 16.6. The monoisotopic (exact) mass is 370 g/mol. The fourth-order valence-corrected chi connectivity index (χ4v) is 1.96. The highest BCUT2D eigenvalue weighted by Crippen LogP contribution is 2.13. The van der Waals surface area contributed by atoms with Crippen molar-refractivity contribution in [2.24, 2.45) is 0 Å². The van der Waals surface area contributed by atoms with Crippen LogP contribution < -0.4 is 15.6 Å². The first-order chi connectivity index (χ1) is 13.0. The van der Waals surface area contributed by atoms with Crippen molar-refractivity contribution in [3.8, 4) is 5.75 Å². The summed E-state index contributed by atoms with van der Waals surface area (Å²) in [6, 6.07) is 14.6. The number of Topliss-reactive ketones (excluding diaryl/α,β-unsaturated/α-hetero) is 1. The second kappa shape index (κ2) is 9.71. The predicted octanol–water partition coefficient (Wildman–Crippen LogP) is 1.27. The van der Waals surface area contributed by atoms with E-state index in [4.69, 9.17) is 9.47 Å². The maximum atomic E-state index is 11.7. The van der Waals surface area contributed by atoms with Crippen LogP contribution in [0.1, 0.15) is 27.6 Å². The third kappa shape index (κ3) is 6.62. The van der Waals surface area contributed by atoms with Crippen molar-refractivity contribution in [3.63, 3.8) is 0 Å². The van der Waals surface area contributed by atoms with E-state index in [2.05, 4.69) is 10.9 Å². The molecule has 0 bridgehead atoms. The van der Waals surface area contributed by atoms with Crippen molar-refractivity contribution in [2.45, 2.75) is 6.92 Å². The van der Waals surface area contributed by atoms with Crippen molar-refractivity contribution >= 4 is 23.6 Å². The summed E-state index contributed by atoms with van der Waals surface area (Å²) in [6.45, 7) is 0.415. The van der Waals surface area contributed by atoms with Gasteiger partial charge in [-0.25, -0.2) is 4.79 Å². The van der Waals surface area contributed by atoms with Crippen LogP contribution in [0.3, 0.4) is 0 Å². The average Bonchev–Trinajstić information content (AvgIpc) is 2.69. The molecule has 2 rings (SSSR count). The zero-order valence-electron chi connectivity index (χ0n) is 14.6. The number of benzene rings is 2. The Morgan fingerprint density at radius 2 is 1.56 bits per heavy atom. The number of carbonyl (C=O) groups is 4. The molecule has 140 valence electrons. The number of amides is 2. The molecule has 2 aromatic carbocycles. The zero-order valence-corrected chi connectivity index (χ0v) is 14.6. The number of hydrazine groups is 1. The van der Waals surface area contributed by atoms with E-state index in [0.29, 0.717) is 16.9 Å². The molecule has 0 saturated carbocycles. The quantitative estimate of drug-likeness (QED) is 0.431. The Hall–Kier alpha value is -3.68. The fourth-order valence-electron chi connectivity index (χ4n) is 1.96. The second-order valence-electron chi connectivity index (χ2n) is 5.40. The Bertz CT molecular complexity index is 835. The van der Waals surface area contributed by atoms with Gasteiger partial charge in [-0.3, -0.25) is 25.2 Å². The van der Waals surface area contributed by atoms with Gasteiger partial charge >= 0.3 is 5.97 Å². The molecule has 2 aromatic rings. The summed E-state index contributed by atoms with van der Waals surface area (Å²) < 4.78 is 9.97. The van der Waals surface area contributed by atoms with Crippen LogP contribution in [0, 0.1) is 0 Å². The predicted molar refractivity (Wildman–Crippen MR) is 95.0 cm³/mol. The lowest BCUT2D eigenvalue weighted by atomic mass is 10.1. The third-order valence-corrected chi connectivity index (χ3v) is 3.31. The second-order valence-corrected chi connectivity index (χ2v) is 5.40. The van der Waals surface area contributed by atoms with Crippen LogP contribution >= 0.6 is 0 Å². The van der Waals surface area contributed by atoms with Gasteiger partial charge in [-0.1, -0.05) is 30.3 Å². The number of rotatable bonds is 7. The standard InChI is InChI=1S/C19H18N2O6/c1-13(22)15-8-5-9-16(10-15)26-12-18(24)27-11-17(23)20-21-19(25)14-6-3-2-4-7-14/h2-10H,11-12H2,1H3,(H,20,23)(H,21,25). The molecule has 0 radical (unpaired) electrons. The van der Waals surface area contributed by atoms with Crippen molar-refractivity contribution in [3.05, 3.63) is 65.7 Å². The first-order valence-corrected chi connectivity index (χ1v) is 7.99. The Labute approximate surface area is 155 Å². The summed E-state index contributed by atoms with van der Waals surface area (Å²) in [5.41, 5.74) is 5.16. The molecule has 0 aliphatic rings. The number of carbonyl (C=O) groups excluding carboxylic acids is 4. The summed E-state index contributed by atoms with van der Waals surface area (Å²) in [4.78, 5) is 46.2. The lowest BCUT2D eigenvalue weighted by Crippen LogP contribution is -2.43. The summed E-state index contributed by atoms with van der Waals surface area (Å²) in [5, 5.41) is 0. The number of nitrogens with one attached hydrogen (secondary N) is 2. The smallest absolute Gasteiger partial charge is 0.344 e. The molecule has 2 amide bonds. The van der Waals surface area contributed by atoms with E-state index in [0.717, 1.165) is 0 Å². The fraction of sp³-hybridized carbons (Fsp3) is 0.158. The summed E-state index contributed by atoms with van der Waals surface area (Å²) in [7, 11) is 0. The Morgan fingerprint density at radius 1 is 0.852 bits per heavy atom. The van der Waals surface area contributed by atoms with E-state index < -0.39 is 31.0 Å². The third-order valence-electron chi connectivity index (χ3n) is 3.31. The minimum atomic E-state index is -0.771. The highest BCUT2D eigenvalue weighted by molar-refractivity contribution is 5.95. The van der Waals surface area contributed by atoms with Gasteiger partial charge in [-0.05, 0) is 31.2 Å². The Kier molecular flexibility index (Phi) is 7.07. The van der Waals surface area contributed by atoms with Crippen molar-refractivity contribution in [1.82, 2.24) is 10.9 Å². The van der Waals surface area contributed by atoms with Gasteiger partial charge in [0.1, 0.15) is 5.75 Å². The molecule has 0 aliphatic carbocycles. The molecule has 0 unspecified atom stereocenters. The van der Waals surface area contributed by atoms with Gasteiger partial charge in [0.15, 0.2) is 19.0 Å². The van der Waals surface area contributed by atoms with Gasteiger partial charge in [0.05, 0.1) is 0 Å². The van der Waals surface area contributed by atoms with Crippen LogP contribution in [-0.4, -0.2) is 36.8 Å². The van der Waals surface area contributed by atoms with E-state index in [-0.39, 0.29) is 5.78 Å². The lowest BCUT2D eigenvalue weighted by molar-refractivity contribution is -0.150. The van der Waals surface area contributed by atoms with Crippen LogP contribution in [0.25, 0.3) is 0 Å². The number of hydrogen-bond acceptors (Lipinski definition) is 6. The molecule has 0 aromatic heterocycles. The van der Waals surface area contributed by atoms with Crippen LogP contribution in [0.2, 0.25) is 0 Å². The molecule has 0 atom stereocenters. The Balaban J connectivity index is 1.69. The molecule has 0 aliphatic heterocycles. The van der Waals surface area contributed by atoms with Crippen molar-refractivity contribution in [2.75, 3.05) is 13.2 Å².